The van der Waals surface area contributed by atoms with E-state index in [1.165, 1.54) is 0 Å². The van der Waals surface area contributed by atoms with Crippen LogP contribution in [0.25, 0.3) is 10.9 Å². The number of aromatic amines is 1. The Hall–Kier alpha value is -2.04. The highest BCUT2D eigenvalue weighted by atomic mass is 18.2. The standard InChI is InChI=1S/C13H15FN2O2/c1-18-10-2-3-12-11(6-10)9(8-16-12)4-5-15-13(17)7-14/h2-3,6,8,16H,4-5,7H2,1H3,(H,15,17)/i14-1. The number of carbonyl (C=O) groups is 1. The van der Waals surface area contributed by atoms with Crippen molar-refractivity contribution in [2.45, 2.75) is 6.42 Å². The number of amides is 1. The third kappa shape index (κ3) is 2.61. The first-order valence-electron chi connectivity index (χ1n) is 5.71. The van der Waals surface area contributed by atoms with E-state index in [-0.39, 0.29) is 0 Å². The summed E-state index contributed by atoms with van der Waals surface area (Å²) >= 11 is 0. The molecule has 18 heavy (non-hydrogen) atoms. The molecule has 0 aliphatic carbocycles. The lowest BCUT2D eigenvalue weighted by atomic mass is 10.1. The Balaban J connectivity index is 2.10. The van der Waals surface area contributed by atoms with Crippen LogP contribution in [0.3, 0.4) is 0 Å². The monoisotopic (exact) mass is 249 g/mol. The van der Waals surface area contributed by atoms with Crippen LogP contribution in [-0.2, 0) is 11.2 Å². The van der Waals surface area contributed by atoms with Crippen molar-refractivity contribution in [3.63, 3.8) is 0 Å². The summed E-state index contributed by atoms with van der Waals surface area (Å²) in [6.45, 7) is -0.547. The number of hydrogen-bond acceptors (Lipinski definition) is 2. The van der Waals surface area contributed by atoms with Gasteiger partial charge in [-0.1, -0.05) is 0 Å². The zero-order valence-electron chi connectivity index (χ0n) is 10.1. The fourth-order valence-electron chi connectivity index (χ4n) is 1.88. The molecule has 2 aromatic rings. The van der Waals surface area contributed by atoms with Crippen LogP contribution in [0.2, 0.25) is 0 Å². The van der Waals surface area contributed by atoms with Crippen LogP contribution in [0.4, 0.5) is 4.39 Å². The van der Waals surface area contributed by atoms with Gasteiger partial charge in [-0.05, 0) is 30.2 Å². The molecule has 1 heterocycles. The summed E-state index contributed by atoms with van der Waals surface area (Å²) in [6.07, 6.45) is 2.55. The van der Waals surface area contributed by atoms with Gasteiger partial charge in [0, 0.05) is 23.6 Å². The van der Waals surface area contributed by atoms with E-state index < -0.39 is 12.6 Å². The number of nitrogens with one attached hydrogen (secondary N) is 2. The number of hydrogen-bond donors (Lipinski definition) is 2. The van der Waals surface area contributed by atoms with Crippen LogP contribution in [0.1, 0.15) is 5.56 Å². The molecule has 0 saturated carbocycles. The third-order valence-corrected chi connectivity index (χ3v) is 2.81. The molecule has 0 aliphatic heterocycles. The van der Waals surface area contributed by atoms with Gasteiger partial charge >= 0.3 is 0 Å². The maximum atomic E-state index is 12.0. The molecule has 2 rings (SSSR count). The van der Waals surface area contributed by atoms with Crippen molar-refractivity contribution in [2.75, 3.05) is 20.3 Å². The number of benzene rings is 1. The maximum Gasteiger partial charge on any atom is 0.251 e. The molecule has 2 N–H and O–H groups in total. The molecule has 1 aromatic carbocycles. The number of fused-ring (bicyclic) bond motifs is 1. The van der Waals surface area contributed by atoms with Gasteiger partial charge in [-0.2, -0.15) is 0 Å². The highest BCUT2D eigenvalue weighted by molar-refractivity contribution is 5.84. The SMILES string of the molecule is COc1ccc2[nH]cc(CCNC(=O)C[18F])c2c1. The van der Waals surface area contributed by atoms with E-state index in [0.29, 0.717) is 13.0 Å². The first kappa shape index (κ1) is 12.4. The van der Waals surface area contributed by atoms with Crippen molar-refractivity contribution in [3.8, 4) is 5.75 Å². The number of alkyl halides is 1. The summed E-state index contributed by atoms with van der Waals surface area (Å²) in [7, 11) is 1.62. The molecule has 1 aromatic heterocycles. The summed E-state index contributed by atoms with van der Waals surface area (Å²) in [5.74, 6) is 0.212. The molecular formula is C13H15FN2O2. The highest BCUT2D eigenvalue weighted by Crippen LogP contribution is 2.23. The molecular weight excluding hydrogens is 234 g/mol. The molecule has 4 nitrogen and oxygen atoms in total. The smallest absolute Gasteiger partial charge is 0.251 e. The van der Waals surface area contributed by atoms with Crippen molar-refractivity contribution < 1.29 is 13.9 Å². The lowest BCUT2D eigenvalue weighted by Gasteiger charge is -2.03. The number of aromatic nitrogens is 1. The number of carbonyl (C=O) groups excluding carboxylic acids is 1. The Morgan fingerprint density at radius 1 is 1.50 bits per heavy atom. The minimum absolute atomic E-state index is 0.424. The Bertz CT molecular complexity index is 551. The summed E-state index contributed by atoms with van der Waals surface area (Å²) in [6, 6.07) is 5.77. The minimum atomic E-state index is -0.971. The van der Waals surface area contributed by atoms with Gasteiger partial charge < -0.3 is 15.0 Å². The van der Waals surface area contributed by atoms with Gasteiger partial charge in [0.2, 0.25) is 0 Å². The molecule has 0 atom stereocenters. The second-order valence-corrected chi connectivity index (χ2v) is 3.96. The molecule has 0 spiro atoms. The van der Waals surface area contributed by atoms with E-state index in [1.54, 1.807) is 7.11 Å². The normalized spacial score (nSPS) is 10.6. The van der Waals surface area contributed by atoms with Crippen LogP contribution < -0.4 is 10.1 Å². The number of rotatable bonds is 5. The summed E-state index contributed by atoms with van der Waals surface area (Å²) < 4.78 is 17.1. The molecule has 0 saturated heterocycles. The van der Waals surface area contributed by atoms with E-state index in [2.05, 4.69) is 10.3 Å². The predicted molar refractivity (Wildman–Crippen MR) is 67.5 cm³/mol. The van der Waals surface area contributed by atoms with Crippen molar-refractivity contribution >= 4 is 16.8 Å². The van der Waals surface area contributed by atoms with E-state index in [4.69, 9.17) is 4.74 Å². The second kappa shape index (κ2) is 5.53. The van der Waals surface area contributed by atoms with Crippen LogP contribution in [-0.4, -0.2) is 31.2 Å². The van der Waals surface area contributed by atoms with Crippen molar-refractivity contribution in [1.29, 1.82) is 0 Å². The van der Waals surface area contributed by atoms with Crippen LogP contribution >= 0.6 is 0 Å². The summed E-state index contributed by atoms with van der Waals surface area (Å²) in [4.78, 5) is 13.9. The van der Waals surface area contributed by atoms with Crippen molar-refractivity contribution in [1.82, 2.24) is 10.3 Å². The highest BCUT2D eigenvalue weighted by Gasteiger charge is 2.06. The van der Waals surface area contributed by atoms with Gasteiger partial charge in [0.25, 0.3) is 5.91 Å². The third-order valence-electron chi connectivity index (χ3n) is 2.81. The van der Waals surface area contributed by atoms with Crippen molar-refractivity contribution in [3.05, 3.63) is 30.0 Å². The molecule has 5 heteroatoms. The Kier molecular flexibility index (Phi) is 3.82. The van der Waals surface area contributed by atoms with Crippen LogP contribution in [0.15, 0.2) is 24.4 Å². The maximum absolute atomic E-state index is 12.0. The van der Waals surface area contributed by atoms with E-state index in [1.807, 2.05) is 24.4 Å². The zero-order chi connectivity index (χ0) is 13.0. The summed E-state index contributed by atoms with van der Waals surface area (Å²) in [5, 5.41) is 3.56. The Morgan fingerprint density at radius 2 is 2.33 bits per heavy atom. The van der Waals surface area contributed by atoms with Gasteiger partial charge in [0.1, 0.15) is 5.75 Å². The quantitative estimate of drug-likeness (QED) is 0.849. The van der Waals surface area contributed by atoms with Gasteiger partial charge in [0.15, 0.2) is 6.67 Å². The fourth-order valence-corrected chi connectivity index (χ4v) is 1.88. The average molecular weight is 249 g/mol. The molecule has 0 aliphatic rings. The Morgan fingerprint density at radius 3 is 3.06 bits per heavy atom. The van der Waals surface area contributed by atoms with Crippen molar-refractivity contribution in [2.24, 2.45) is 0 Å². The zero-order valence-corrected chi connectivity index (χ0v) is 10.1. The van der Waals surface area contributed by atoms with Gasteiger partial charge in [-0.25, -0.2) is 4.39 Å². The van der Waals surface area contributed by atoms with E-state index >= 15 is 0 Å². The molecule has 96 valence electrons. The lowest BCUT2D eigenvalue weighted by Crippen LogP contribution is -2.26. The molecule has 0 fully saturated rings. The predicted octanol–water partition coefficient (Wildman–Crippen LogP) is 1.80. The lowest BCUT2D eigenvalue weighted by molar-refractivity contribution is -0.121. The van der Waals surface area contributed by atoms with Crippen LogP contribution in [0.5, 0.6) is 5.75 Å². The molecule has 0 unspecified atom stereocenters. The van der Waals surface area contributed by atoms with E-state index in [9.17, 15) is 9.18 Å². The second-order valence-electron chi connectivity index (χ2n) is 3.96. The fraction of sp³-hybridized carbons (Fsp3) is 0.308. The number of halogens is 1. The first-order valence-corrected chi connectivity index (χ1v) is 5.71. The molecule has 1 amide bonds. The Labute approximate surface area is 104 Å². The van der Waals surface area contributed by atoms with Crippen LogP contribution in [0, 0.1) is 0 Å². The first-order chi connectivity index (χ1) is 8.74. The molecule has 0 radical (unpaired) electrons. The molecule has 0 bridgehead atoms. The minimum Gasteiger partial charge on any atom is -0.497 e. The van der Waals surface area contributed by atoms with Gasteiger partial charge in [-0.3, -0.25) is 4.79 Å². The topological polar surface area (TPSA) is 54.1 Å². The number of H-pyrrole nitrogens is 1. The van der Waals surface area contributed by atoms with Gasteiger partial charge in [0.05, 0.1) is 7.11 Å². The van der Waals surface area contributed by atoms with E-state index in [0.717, 1.165) is 22.2 Å². The number of methoxy groups -OCH3 is 1. The van der Waals surface area contributed by atoms with Gasteiger partial charge in [-0.15, -0.1) is 0 Å². The number of ether oxygens (including phenoxy) is 1. The largest absolute Gasteiger partial charge is 0.497 e. The average Bonchev–Trinajstić information content (AvgIpc) is 2.81. The summed E-state index contributed by atoms with van der Waals surface area (Å²) in [5.41, 5.74) is 2.09.